The number of nitrogen functional groups attached to an aromatic ring is 1. The number of phenols is 1. The van der Waals surface area contributed by atoms with E-state index < -0.39 is 12.1 Å². The van der Waals surface area contributed by atoms with Gasteiger partial charge in [-0.3, -0.25) is 0 Å². The zero-order valence-electron chi connectivity index (χ0n) is 11.6. The van der Waals surface area contributed by atoms with E-state index in [0.717, 1.165) is 0 Å². The van der Waals surface area contributed by atoms with Crippen LogP contribution in [0.15, 0.2) is 36.4 Å². The summed E-state index contributed by atoms with van der Waals surface area (Å²) in [7, 11) is 1.29. The smallest absolute Gasteiger partial charge is 0.337 e. The lowest BCUT2D eigenvalue weighted by molar-refractivity contribution is 0.0600. The summed E-state index contributed by atoms with van der Waals surface area (Å²) in [6.45, 7) is 0. The lowest BCUT2D eigenvalue weighted by atomic mass is 9.99. The molecular formula is C15H15Cl2NO4. The van der Waals surface area contributed by atoms with Crippen LogP contribution in [0.4, 0.5) is 5.69 Å². The van der Waals surface area contributed by atoms with Crippen LogP contribution in [0.2, 0.25) is 5.02 Å². The standard InChI is InChI=1S/C15H14ClNO4.ClH/c1-21-15(20)9-4-2-8(3-5-9)13(18)11-6-10(16)7-12(17)14(11)19;/h2-7,13,18-19H,17H2,1H3;1H. The van der Waals surface area contributed by atoms with Crippen molar-refractivity contribution in [3.8, 4) is 5.75 Å². The lowest BCUT2D eigenvalue weighted by Gasteiger charge is -2.15. The number of aliphatic hydroxyl groups is 1. The van der Waals surface area contributed by atoms with Gasteiger partial charge in [-0.25, -0.2) is 4.79 Å². The van der Waals surface area contributed by atoms with E-state index in [1.165, 1.54) is 31.4 Å². The third kappa shape index (κ3) is 3.62. The van der Waals surface area contributed by atoms with Gasteiger partial charge in [0.05, 0.1) is 18.4 Å². The zero-order valence-corrected chi connectivity index (χ0v) is 13.2. The first-order chi connectivity index (χ1) is 9.93. The molecule has 0 spiro atoms. The Kier molecular flexibility index (Phi) is 6.05. The number of ether oxygens (including phenoxy) is 1. The Bertz CT molecular complexity index is 674. The molecule has 22 heavy (non-hydrogen) atoms. The number of hydrogen-bond donors (Lipinski definition) is 3. The fraction of sp³-hybridized carbons (Fsp3) is 0.133. The van der Waals surface area contributed by atoms with Gasteiger partial charge in [-0.1, -0.05) is 23.7 Å². The first kappa shape index (κ1) is 18.1. The molecule has 2 rings (SSSR count). The molecule has 1 unspecified atom stereocenters. The van der Waals surface area contributed by atoms with E-state index in [1.807, 2.05) is 0 Å². The molecular weight excluding hydrogens is 329 g/mol. The quantitative estimate of drug-likeness (QED) is 0.452. The molecule has 0 radical (unpaired) electrons. The molecule has 0 saturated heterocycles. The number of rotatable bonds is 3. The molecule has 4 N–H and O–H groups in total. The number of aromatic hydroxyl groups is 1. The molecule has 2 aromatic rings. The molecule has 1 atom stereocenters. The van der Waals surface area contributed by atoms with Crippen molar-refractivity contribution in [1.82, 2.24) is 0 Å². The van der Waals surface area contributed by atoms with Crippen LogP contribution in [0.5, 0.6) is 5.75 Å². The Morgan fingerprint density at radius 3 is 2.41 bits per heavy atom. The SMILES string of the molecule is COC(=O)c1ccc(C(O)c2cc(Cl)cc(N)c2O)cc1.Cl. The van der Waals surface area contributed by atoms with Gasteiger partial charge in [-0.2, -0.15) is 0 Å². The molecule has 0 aliphatic heterocycles. The lowest BCUT2D eigenvalue weighted by Crippen LogP contribution is -2.04. The van der Waals surface area contributed by atoms with Crippen molar-refractivity contribution in [3.63, 3.8) is 0 Å². The fourth-order valence-corrected chi connectivity index (χ4v) is 2.18. The topological polar surface area (TPSA) is 92.8 Å². The van der Waals surface area contributed by atoms with Gasteiger partial charge in [0.1, 0.15) is 11.9 Å². The second-order valence-corrected chi connectivity index (χ2v) is 4.89. The summed E-state index contributed by atoms with van der Waals surface area (Å²) >= 11 is 5.88. The van der Waals surface area contributed by atoms with Gasteiger partial charge in [0.25, 0.3) is 0 Å². The monoisotopic (exact) mass is 343 g/mol. The van der Waals surface area contributed by atoms with Gasteiger partial charge in [0, 0.05) is 10.6 Å². The predicted molar refractivity (Wildman–Crippen MR) is 86.6 cm³/mol. The summed E-state index contributed by atoms with van der Waals surface area (Å²) in [6.07, 6.45) is -1.11. The number of aliphatic hydroxyl groups excluding tert-OH is 1. The van der Waals surface area contributed by atoms with Crippen molar-refractivity contribution >= 4 is 35.7 Å². The normalized spacial score (nSPS) is 11.4. The Morgan fingerprint density at radius 1 is 1.27 bits per heavy atom. The van der Waals surface area contributed by atoms with Gasteiger partial charge < -0.3 is 20.7 Å². The summed E-state index contributed by atoms with van der Waals surface area (Å²) in [4.78, 5) is 11.3. The molecule has 0 heterocycles. The van der Waals surface area contributed by atoms with Crippen molar-refractivity contribution in [1.29, 1.82) is 0 Å². The van der Waals surface area contributed by atoms with E-state index in [2.05, 4.69) is 4.74 Å². The van der Waals surface area contributed by atoms with Gasteiger partial charge in [-0.15, -0.1) is 12.4 Å². The van der Waals surface area contributed by atoms with Crippen molar-refractivity contribution in [2.45, 2.75) is 6.10 Å². The summed E-state index contributed by atoms with van der Waals surface area (Å²) in [6, 6.07) is 9.01. The van der Waals surface area contributed by atoms with Crippen LogP contribution >= 0.6 is 24.0 Å². The molecule has 5 nitrogen and oxygen atoms in total. The second-order valence-electron chi connectivity index (χ2n) is 4.45. The van der Waals surface area contributed by atoms with Gasteiger partial charge in [0.15, 0.2) is 0 Å². The number of methoxy groups -OCH3 is 1. The number of phenolic OH excluding ortho intramolecular Hbond substituents is 1. The maximum Gasteiger partial charge on any atom is 0.337 e. The highest BCUT2D eigenvalue weighted by Crippen LogP contribution is 2.36. The van der Waals surface area contributed by atoms with Crippen molar-refractivity contribution in [2.75, 3.05) is 12.8 Å². The van der Waals surface area contributed by atoms with Crippen LogP contribution in [0.1, 0.15) is 27.6 Å². The van der Waals surface area contributed by atoms with Crippen molar-refractivity contribution < 1.29 is 19.7 Å². The average Bonchev–Trinajstić information content (AvgIpc) is 2.49. The van der Waals surface area contributed by atoms with E-state index in [9.17, 15) is 15.0 Å². The van der Waals surface area contributed by atoms with Crippen LogP contribution in [0.25, 0.3) is 0 Å². The number of nitrogens with two attached hydrogens (primary N) is 1. The number of halogens is 2. The minimum atomic E-state index is -1.11. The van der Waals surface area contributed by atoms with E-state index in [-0.39, 0.29) is 29.4 Å². The molecule has 0 amide bonds. The number of anilines is 1. The van der Waals surface area contributed by atoms with E-state index in [0.29, 0.717) is 16.1 Å². The molecule has 0 aliphatic rings. The highest BCUT2D eigenvalue weighted by molar-refractivity contribution is 6.31. The van der Waals surface area contributed by atoms with Gasteiger partial charge in [-0.05, 0) is 29.8 Å². The first-order valence-corrected chi connectivity index (χ1v) is 6.46. The third-order valence-corrected chi connectivity index (χ3v) is 3.29. The number of benzene rings is 2. The highest BCUT2D eigenvalue weighted by Gasteiger charge is 2.18. The maximum absolute atomic E-state index is 11.3. The number of carbonyl (C=O) groups excluding carboxylic acids is 1. The predicted octanol–water partition coefficient (Wildman–Crippen LogP) is 2.92. The first-order valence-electron chi connectivity index (χ1n) is 6.08. The molecule has 118 valence electrons. The van der Waals surface area contributed by atoms with E-state index in [1.54, 1.807) is 12.1 Å². The molecule has 2 aromatic carbocycles. The average molecular weight is 344 g/mol. The van der Waals surface area contributed by atoms with Crippen LogP contribution in [-0.2, 0) is 4.74 Å². The van der Waals surface area contributed by atoms with E-state index >= 15 is 0 Å². The Balaban J connectivity index is 0.00000242. The largest absolute Gasteiger partial charge is 0.505 e. The summed E-state index contributed by atoms with van der Waals surface area (Å²) < 4.78 is 4.60. The second kappa shape index (κ2) is 7.35. The summed E-state index contributed by atoms with van der Waals surface area (Å²) in [5.41, 5.74) is 6.75. The fourth-order valence-electron chi connectivity index (χ4n) is 1.95. The number of carbonyl (C=O) groups is 1. The van der Waals surface area contributed by atoms with Crippen LogP contribution < -0.4 is 5.73 Å². The zero-order chi connectivity index (χ0) is 15.6. The summed E-state index contributed by atoms with van der Waals surface area (Å²) in [5, 5.41) is 20.5. The third-order valence-electron chi connectivity index (χ3n) is 3.08. The molecule has 7 heteroatoms. The minimum absolute atomic E-state index is 0. The highest BCUT2D eigenvalue weighted by atomic mass is 35.5. The molecule has 0 bridgehead atoms. The van der Waals surface area contributed by atoms with Crippen molar-refractivity contribution in [2.24, 2.45) is 0 Å². The van der Waals surface area contributed by atoms with Gasteiger partial charge in [0.2, 0.25) is 0 Å². The van der Waals surface area contributed by atoms with Crippen molar-refractivity contribution in [3.05, 3.63) is 58.1 Å². The van der Waals surface area contributed by atoms with Crippen LogP contribution in [0.3, 0.4) is 0 Å². The number of hydrogen-bond acceptors (Lipinski definition) is 5. The maximum atomic E-state index is 11.3. The van der Waals surface area contributed by atoms with E-state index in [4.69, 9.17) is 17.3 Å². The Hall–Kier alpha value is -1.95. The molecule has 0 saturated carbocycles. The Morgan fingerprint density at radius 2 is 1.86 bits per heavy atom. The molecule has 0 fully saturated rings. The van der Waals surface area contributed by atoms with Crippen LogP contribution in [0, 0.1) is 0 Å². The summed E-state index contributed by atoms with van der Waals surface area (Å²) in [5.74, 6) is -0.685. The molecule has 0 aromatic heterocycles. The molecule has 0 aliphatic carbocycles. The Labute approximate surface area is 138 Å². The van der Waals surface area contributed by atoms with Gasteiger partial charge >= 0.3 is 5.97 Å². The number of esters is 1. The van der Waals surface area contributed by atoms with Crippen LogP contribution in [-0.4, -0.2) is 23.3 Å². The minimum Gasteiger partial charge on any atom is -0.505 e.